The van der Waals surface area contributed by atoms with E-state index in [9.17, 15) is 4.79 Å². The third-order valence-corrected chi connectivity index (χ3v) is 6.66. The van der Waals surface area contributed by atoms with E-state index in [1.807, 2.05) is 25.3 Å². The molecule has 0 unspecified atom stereocenters. The minimum absolute atomic E-state index is 0.0149. The molecule has 2 aromatic carbocycles. The van der Waals surface area contributed by atoms with E-state index in [0.717, 1.165) is 42.2 Å². The number of rotatable bonds is 4. The normalized spacial score (nSPS) is 17.5. The van der Waals surface area contributed by atoms with Crippen molar-refractivity contribution in [1.82, 2.24) is 14.1 Å². The molecular formula is C27H30N4O2. The Bertz CT molecular complexity index is 1330. The van der Waals surface area contributed by atoms with Crippen LogP contribution in [0.5, 0.6) is 0 Å². The molecule has 0 bridgehead atoms. The third kappa shape index (κ3) is 3.85. The standard InChI is InChI=1S/C27H30N4O2/c1-18-14-22(16-29(4)27(18)32)26-28-24-11-10-23(30-12-13-33-17-19(30)2)15-25(24)31(26)20(3)21-8-6-5-7-9-21/h5-11,14-16,19-20H,12-13,17H2,1-4H3/t19-,20-/m0/s1. The Kier molecular flexibility index (Phi) is 5.54. The van der Waals surface area contributed by atoms with Gasteiger partial charge >= 0.3 is 0 Å². The summed E-state index contributed by atoms with van der Waals surface area (Å²) < 4.78 is 9.59. The van der Waals surface area contributed by atoms with Crippen LogP contribution in [0.1, 0.15) is 31.0 Å². The molecule has 0 amide bonds. The summed E-state index contributed by atoms with van der Waals surface area (Å²) in [5.41, 5.74) is 6.10. The summed E-state index contributed by atoms with van der Waals surface area (Å²) in [5.74, 6) is 0.868. The van der Waals surface area contributed by atoms with Crippen molar-refractivity contribution in [1.29, 1.82) is 0 Å². The lowest BCUT2D eigenvalue weighted by atomic mass is 10.1. The Morgan fingerprint density at radius 3 is 2.64 bits per heavy atom. The molecule has 170 valence electrons. The van der Waals surface area contributed by atoms with Crippen molar-refractivity contribution >= 4 is 16.7 Å². The third-order valence-electron chi connectivity index (χ3n) is 6.66. The Balaban J connectivity index is 1.73. The van der Waals surface area contributed by atoms with Crippen molar-refractivity contribution in [3.05, 3.63) is 82.3 Å². The molecule has 4 aromatic rings. The zero-order chi connectivity index (χ0) is 23.1. The molecular weight excluding hydrogens is 412 g/mol. The fourth-order valence-electron chi connectivity index (χ4n) is 4.85. The van der Waals surface area contributed by atoms with Gasteiger partial charge in [0, 0.05) is 42.6 Å². The summed E-state index contributed by atoms with van der Waals surface area (Å²) >= 11 is 0. The van der Waals surface area contributed by atoms with Crippen molar-refractivity contribution in [3.8, 4) is 11.4 Å². The van der Waals surface area contributed by atoms with E-state index in [1.165, 1.54) is 11.3 Å². The second-order valence-corrected chi connectivity index (χ2v) is 9.01. The topological polar surface area (TPSA) is 52.3 Å². The smallest absolute Gasteiger partial charge is 0.253 e. The van der Waals surface area contributed by atoms with Gasteiger partial charge in [-0.05, 0) is 50.6 Å². The van der Waals surface area contributed by atoms with Crippen molar-refractivity contribution in [2.45, 2.75) is 32.9 Å². The Morgan fingerprint density at radius 2 is 1.91 bits per heavy atom. The van der Waals surface area contributed by atoms with Gasteiger partial charge in [0.1, 0.15) is 5.82 Å². The number of hydrogen-bond donors (Lipinski definition) is 0. The summed E-state index contributed by atoms with van der Waals surface area (Å²) in [4.78, 5) is 19.8. The molecule has 0 aliphatic carbocycles. The summed E-state index contributed by atoms with van der Waals surface area (Å²) in [7, 11) is 1.80. The number of imidazole rings is 1. The summed E-state index contributed by atoms with van der Waals surface area (Å²) in [6.45, 7) is 8.62. The van der Waals surface area contributed by atoms with E-state index < -0.39 is 0 Å². The van der Waals surface area contributed by atoms with E-state index in [2.05, 4.69) is 65.8 Å². The van der Waals surface area contributed by atoms with E-state index in [4.69, 9.17) is 9.72 Å². The van der Waals surface area contributed by atoms with Crippen LogP contribution in [0.3, 0.4) is 0 Å². The van der Waals surface area contributed by atoms with E-state index in [1.54, 1.807) is 11.6 Å². The van der Waals surface area contributed by atoms with Crippen molar-refractivity contribution in [2.24, 2.45) is 7.05 Å². The lowest BCUT2D eigenvalue weighted by molar-refractivity contribution is 0.0989. The monoisotopic (exact) mass is 442 g/mol. The highest BCUT2D eigenvalue weighted by atomic mass is 16.5. The first-order chi connectivity index (χ1) is 15.9. The summed E-state index contributed by atoms with van der Waals surface area (Å²) in [6.07, 6.45) is 1.88. The Morgan fingerprint density at radius 1 is 1.12 bits per heavy atom. The second kappa shape index (κ2) is 8.52. The van der Waals surface area contributed by atoms with Gasteiger partial charge < -0.3 is 18.8 Å². The number of fused-ring (bicyclic) bond motifs is 1. The molecule has 5 rings (SSSR count). The zero-order valence-electron chi connectivity index (χ0n) is 19.7. The average molecular weight is 443 g/mol. The van der Waals surface area contributed by atoms with Gasteiger partial charge in [-0.25, -0.2) is 4.98 Å². The predicted molar refractivity (Wildman–Crippen MR) is 133 cm³/mol. The SMILES string of the molecule is Cc1cc(-c2nc3ccc(N4CCOC[C@@H]4C)cc3n2[C@@H](C)c2ccccc2)cn(C)c1=O. The van der Waals surface area contributed by atoms with Crippen molar-refractivity contribution in [2.75, 3.05) is 24.7 Å². The van der Waals surface area contributed by atoms with Gasteiger partial charge in [0.2, 0.25) is 0 Å². The molecule has 6 nitrogen and oxygen atoms in total. The zero-order valence-corrected chi connectivity index (χ0v) is 19.7. The number of pyridine rings is 1. The molecule has 1 aliphatic rings. The molecule has 0 spiro atoms. The van der Waals surface area contributed by atoms with E-state index in [0.29, 0.717) is 11.6 Å². The van der Waals surface area contributed by atoms with Gasteiger partial charge in [0.25, 0.3) is 5.56 Å². The number of aromatic nitrogens is 3. The minimum Gasteiger partial charge on any atom is -0.377 e. The molecule has 2 atom stereocenters. The van der Waals surface area contributed by atoms with Crippen LogP contribution in [0.15, 0.2) is 65.6 Å². The highest BCUT2D eigenvalue weighted by Gasteiger charge is 2.23. The molecule has 3 heterocycles. The van der Waals surface area contributed by atoms with Gasteiger partial charge in [0.15, 0.2) is 0 Å². The highest BCUT2D eigenvalue weighted by Crippen LogP contribution is 2.34. The first-order valence-electron chi connectivity index (χ1n) is 11.5. The van der Waals surface area contributed by atoms with Crippen LogP contribution in [-0.4, -0.2) is 39.9 Å². The van der Waals surface area contributed by atoms with Gasteiger partial charge in [0.05, 0.1) is 30.3 Å². The summed E-state index contributed by atoms with van der Waals surface area (Å²) in [6, 6.07) is 19.3. The maximum Gasteiger partial charge on any atom is 0.253 e. The van der Waals surface area contributed by atoms with Crippen molar-refractivity contribution < 1.29 is 4.74 Å². The van der Waals surface area contributed by atoms with Crippen LogP contribution in [0, 0.1) is 6.92 Å². The van der Waals surface area contributed by atoms with Crippen LogP contribution >= 0.6 is 0 Å². The average Bonchev–Trinajstić information content (AvgIpc) is 3.21. The van der Waals surface area contributed by atoms with Crippen LogP contribution in [0.2, 0.25) is 0 Å². The number of anilines is 1. The van der Waals surface area contributed by atoms with Gasteiger partial charge in [-0.2, -0.15) is 0 Å². The maximum absolute atomic E-state index is 12.3. The highest BCUT2D eigenvalue weighted by molar-refractivity contribution is 5.84. The first-order valence-corrected chi connectivity index (χ1v) is 11.5. The lowest BCUT2D eigenvalue weighted by Gasteiger charge is -2.35. The molecule has 0 N–H and O–H groups in total. The quantitative estimate of drug-likeness (QED) is 0.466. The molecule has 33 heavy (non-hydrogen) atoms. The number of morpholine rings is 1. The fourth-order valence-corrected chi connectivity index (χ4v) is 4.85. The largest absolute Gasteiger partial charge is 0.377 e. The van der Waals surface area contributed by atoms with E-state index >= 15 is 0 Å². The Labute approximate surface area is 194 Å². The van der Waals surface area contributed by atoms with Crippen LogP contribution in [0.4, 0.5) is 5.69 Å². The minimum atomic E-state index is 0.0149. The number of nitrogens with zero attached hydrogens (tertiary/aromatic N) is 4. The number of hydrogen-bond acceptors (Lipinski definition) is 4. The fraction of sp³-hybridized carbons (Fsp3) is 0.333. The molecule has 1 saturated heterocycles. The number of benzene rings is 2. The van der Waals surface area contributed by atoms with Crippen LogP contribution in [-0.2, 0) is 11.8 Å². The molecule has 0 saturated carbocycles. The van der Waals surface area contributed by atoms with Gasteiger partial charge in [-0.15, -0.1) is 0 Å². The van der Waals surface area contributed by atoms with Gasteiger partial charge in [-0.1, -0.05) is 30.3 Å². The Hall–Kier alpha value is -3.38. The van der Waals surface area contributed by atoms with E-state index in [-0.39, 0.29) is 11.6 Å². The number of aryl methyl sites for hydroxylation is 2. The first kappa shape index (κ1) is 21.5. The summed E-state index contributed by atoms with van der Waals surface area (Å²) in [5, 5.41) is 0. The van der Waals surface area contributed by atoms with Gasteiger partial charge in [-0.3, -0.25) is 4.79 Å². The van der Waals surface area contributed by atoms with Crippen molar-refractivity contribution in [3.63, 3.8) is 0 Å². The maximum atomic E-state index is 12.3. The molecule has 6 heteroatoms. The lowest BCUT2D eigenvalue weighted by Crippen LogP contribution is -2.43. The van der Waals surface area contributed by atoms with Crippen LogP contribution < -0.4 is 10.5 Å². The molecule has 1 fully saturated rings. The molecule has 0 radical (unpaired) electrons. The second-order valence-electron chi connectivity index (χ2n) is 9.01. The number of ether oxygens (including phenoxy) is 1. The van der Waals surface area contributed by atoms with Crippen LogP contribution in [0.25, 0.3) is 22.4 Å². The molecule has 1 aliphatic heterocycles. The molecule has 2 aromatic heterocycles. The predicted octanol–water partition coefficient (Wildman–Crippen LogP) is 4.54.